The molecular weight excluding hydrogens is 202 g/mol. The van der Waals surface area contributed by atoms with Crippen molar-refractivity contribution in [3.8, 4) is 0 Å². The summed E-state index contributed by atoms with van der Waals surface area (Å²) in [6, 6.07) is 0. The van der Waals surface area contributed by atoms with Crippen LogP contribution in [0, 0.1) is 0 Å². The first kappa shape index (κ1) is 11.5. The molecule has 0 amide bonds. The van der Waals surface area contributed by atoms with Crippen LogP contribution in [0.3, 0.4) is 0 Å². The molecule has 2 unspecified atom stereocenters. The number of H-pyrrole nitrogens is 1. The van der Waals surface area contributed by atoms with Gasteiger partial charge in [0.15, 0.2) is 5.82 Å². The van der Waals surface area contributed by atoms with Crippen molar-refractivity contribution in [3.63, 3.8) is 0 Å². The molecule has 2 atom stereocenters. The molecule has 0 bridgehead atoms. The van der Waals surface area contributed by atoms with Gasteiger partial charge < -0.3 is 10.1 Å². The monoisotopic (exact) mass is 223 g/mol. The summed E-state index contributed by atoms with van der Waals surface area (Å²) in [5, 5.41) is 10.9. The highest BCUT2D eigenvalue weighted by Gasteiger charge is 2.27. The predicted octanol–water partition coefficient (Wildman–Crippen LogP) is 2.47. The average Bonchev–Trinajstić information content (AvgIpc) is 2.69. The minimum atomic E-state index is 0.606. The molecule has 16 heavy (non-hydrogen) atoms. The van der Waals surface area contributed by atoms with Crippen LogP contribution in [0.2, 0.25) is 0 Å². The summed E-state index contributed by atoms with van der Waals surface area (Å²) in [5.74, 6) is 2.23. The lowest BCUT2D eigenvalue weighted by molar-refractivity contribution is 0.210. The number of rotatable bonds is 4. The summed E-state index contributed by atoms with van der Waals surface area (Å²) in [6.07, 6.45) is 2.51. The molecule has 0 aromatic carbocycles. The van der Waals surface area contributed by atoms with Crippen LogP contribution in [0.15, 0.2) is 0 Å². The first-order valence-electron chi connectivity index (χ1n) is 6.05. The Bertz CT molecular complexity index is 348. The lowest BCUT2D eigenvalue weighted by atomic mass is 9.82. The molecule has 1 aromatic rings. The zero-order valence-corrected chi connectivity index (χ0v) is 10.3. The minimum Gasteiger partial charge on any atom is -0.383 e. The maximum atomic E-state index is 5.03. The number of nitrogens with one attached hydrogen (secondary N) is 2. The maximum absolute atomic E-state index is 5.03. The zero-order chi connectivity index (χ0) is 11.5. The number of ether oxygens (including phenoxy) is 1. The van der Waals surface area contributed by atoms with Crippen LogP contribution in [0.4, 0.5) is 5.82 Å². The van der Waals surface area contributed by atoms with Crippen LogP contribution >= 0.6 is 0 Å². The van der Waals surface area contributed by atoms with Gasteiger partial charge in [-0.3, -0.25) is 5.10 Å². The van der Waals surface area contributed by atoms with Crippen molar-refractivity contribution in [1.82, 2.24) is 10.2 Å². The van der Waals surface area contributed by atoms with Gasteiger partial charge in [0.1, 0.15) is 0 Å². The maximum Gasteiger partial charge on any atom is 0.151 e. The van der Waals surface area contributed by atoms with E-state index in [2.05, 4.69) is 29.4 Å². The zero-order valence-electron chi connectivity index (χ0n) is 10.3. The fourth-order valence-electron chi connectivity index (χ4n) is 2.43. The minimum absolute atomic E-state index is 0.606. The number of anilines is 1. The van der Waals surface area contributed by atoms with Crippen molar-refractivity contribution < 1.29 is 4.74 Å². The number of nitrogens with zero attached hydrogens (tertiary/aromatic N) is 1. The van der Waals surface area contributed by atoms with E-state index in [0.717, 1.165) is 12.4 Å². The Kier molecular flexibility index (Phi) is 3.49. The van der Waals surface area contributed by atoms with Gasteiger partial charge in [0.2, 0.25) is 0 Å². The molecule has 0 saturated carbocycles. The Balaban J connectivity index is 2.14. The second kappa shape index (κ2) is 4.87. The van der Waals surface area contributed by atoms with Gasteiger partial charge in [-0.05, 0) is 24.7 Å². The second-order valence-corrected chi connectivity index (χ2v) is 4.70. The summed E-state index contributed by atoms with van der Waals surface area (Å²) in [5.41, 5.74) is 2.70. The Morgan fingerprint density at radius 1 is 1.38 bits per heavy atom. The van der Waals surface area contributed by atoms with Crippen LogP contribution in [0.1, 0.15) is 49.8 Å². The summed E-state index contributed by atoms with van der Waals surface area (Å²) in [7, 11) is 1.71. The van der Waals surface area contributed by atoms with Crippen molar-refractivity contribution in [2.75, 3.05) is 25.6 Å². The van der Waals surface area contributed by atoms with E-state index in [0.29, 0.717) is 18.4 Å². The highest BCUT2D eigenvalue weighted by Crippen LogP contribution is 2.40. The molecule has 4 heteroatoms. The number of fused-ring (bicyclic) bond motifs is 1. The molecule has 0 fully saturated rings. The third-order valence-corrected chi connectivity index (χ3v) is 3.45. The molecule has 0 radical (unpaired) electrons. The number of aromatic amines is 1. The Morgan fingerprint density at radius 2 is 2.12 bits per heavy atom. The van der Waals surface area contributed by atoms with Crippen molar-refractivity contribution in [1.29, 1.82) is 0 Å². The number of hydrogen-bond donors (Lipinski definition) is 2. The first-order valence-corrected chi connectivity index (χ1v) is 6.05. The van der Waals surface area contributed by atoms with Gasteiger partial charge in [-0.2, -0.15) is 5.10 Å². The van der Waals surface area contributed by atoms with E-state index < -0.39 is 0 Å². The molecule has 4 nitrogen and oxygen atoms in total. The van der Waals surface area contributed by atoms with Crippen LogP contribution < -0.4 is 5.32 Å². The molecule has 1 aliphatic carbocycles. The lowest BCUT2D eigenvalue weighted by Gasteiger charge is -2.24. The van der Waals surface area contributed by atoms with Crippen LogP contribution in [0.25, 0.3) is 0 Å². The second-order valence-electron chi connectivity index (χ2n) is 4.70. The first-order chi connectivity index (χ1) is 7.74. The van der Waals surface area contributed by atoms with Gasteiger partial charge in [0, 0.05) is 24.9 Å². The van der Waals surface area contributed by atoms with E-state index in [1.165, 1.54) is 24.1 Å². The molecular formula is C12H21N3O. The van der Waals surface area contributed by atoms with Gasteiger partial charge >= 0.3 is 0 Å². The van der Waals surface area contributed by atoms with Crippen molar-refractivity contribution >= 4 is 5.82 Å². The van der Waals surface area contributed by atoms with E-state index >= 15 is 0 Å². The van der Waals surface area contributed by atoms with Gasteiger partial charge in [0.05, 0.1) is 6.61 Å². The van der Waals surface area contributed by atoms with Gasteiger partial charge in [-0.25, -0.2) is 0 Å². The Hall–Kier alpha value is -1.03. The van der Waals surface area contributed by atoms with E-state index in [-0.39, 0.29) is 0 Å². The number of hydrogen-bond acceptors (Lipinski definition) is 3. The topological polar surface area (TPSA) is 49.9 Å². The lowest BCUT2D eigenvalue weighted by Crippen LogP contribution is -2.13. The standard InChI is InChI=1S/C12H21N3O/c1-8-4-5-9(2)11-10(8)12(15-14-11)13-6-7-16-3/h8-9H,4-7H2,1-3H3,(H2,13,14,15). The quantitative estimate of drug-likeness (QED) is 0.771. The normalized spacial score (nSPS) is 24.2. The molecule has 0 spiro atoms. The molecule has 90 valence electrons. The van der Waals surface area contributed by atoms with E-state index in [1.807, 2.05) is 0 Å². The molecule has 1 aliphatic rings. The van der Waals surface area contributed by atoms with Crippen LogP contribution in [-0.2, 0) is 4.74 Å². The van der Waals surface area contributed by atoms with Gasteiger partial charge in [-0.15, -0.1) is 0 Å². The number of aromatic nitrogens is 2. The largest absolute Gasteiger partial charge is 0.383 e. The smallest absolute Gasteiger partial charge is 0.151 e. The fraction of sp³-hybridized carbons (Fsp3) is 0.750. The molecule has 1 aromatic heterocycles. The van der Waals surface area contributed by atoms with Crippen LogP contribution in [0.5, 0.6) is 0 Å². The summed E-state index contributed by atoms with van der Waals surface area (Å²) in [4.78, 5) is 0. The Morgan fingerprint density at radius 3 is 2.88 bits per heavy atom. The third-order valence-electron chi connectivity index (χ3n) is 3.45. The van der Waals surface area contributed by atoms with Crippen molar-refractivity contribution in [3.05, 3.63) is 11.3 Å². The molecule has 0 aliphatic heterocycles. The van der Waals surface area contributed by atoms with Gasteiger partial charge in [-0.1, -0.05) is 13.8 Å². The highest BCUT2D eigenvalue weighted by molar-refractivity contribution is 5.50. The van der Waals surface area contributed by atoms with Crippen molar-refractivity contribution in [2.24, 2.45) is 0 Å². The van der Waals surface area contributed by atoms with E-state index in [9.17, 15) is 0 Å². The third kappa shape index (κ3) is 2.07. The fourth-order valence-corrected chi connectivity index (χ4v) is 2.43. The van der Waals surface area contributed by atoms with Gasteiger partial charge in [0.25, 0.3) is 0 Å². The van der Waals surface area contributed by atoms with Crippen molar-refractivity contribution in [2.45, 2.75) is 38.5 Å². The molecule has 2 N–H and O–H groups in total. The summed E-state index contributed by atoms with van der Waals surface area (Å²) in [6.45, 7) is 6.07. The highest BCUT2D eigenvalue weighted by atomic mass is 16.5. The molecule has 1 heterocycles. The molecule has 2 rings (SSSR count). The summed E-state index contributed by atoms with van der Waals surface area (Å²) < 4.78 is 5.03. The SMILES string of the molecule is COCCNc1n[nH]c2c1C(C)CCC2C. The van der Waals surface area contributed by atoms with Crippen LogP contribution in [-0.4, -0.2) is 30.5 Å². The predicted molar refractivity (Wildman–Crippen MR) is 65.0 cm³/mol. The van der Waals surface area contributed by atoms with E-state index in [4.69, 9.17) is 4.74 Å². The number of methoxy groups -OCH3 is 1. The Labute approximate surface area is 96.8 Å². The molecule has 0 saturated heterocycles. The average molecular weight is 223 g/mol. The van der Waals surface area contributed by atoms with E-state index in [1.54, 1.807) is 7.11 Å². The summed E-state index contributed by atoms with van der Waals surface area (Å²) >= 11 is 0.